The quantitative estimate of drug-likeness (QED) is 0.377. The molecule has 8 heteroatoms. The number of nitro benzene ring substituents is 1. The van der Waals surface area contributed by atoms with Crippen LogP contribution in [-0.2, 0) is 0 Å². The van der Waals surface area contributed by atoms with Gasteiger partial charge in [-0.15, -0.1) is 0 Å². The van der Waals surface area contributed by atoms with E-state index in [4.69, 9.17) is 0 Å². The first-order valence-corrected chi connectivity index (χ1v) is 9.34. The number of benzene rings is 2. The Morgan fingerprint density at radius 1 is 1.18 bits per heavy atom. The van der Waals surface area contributed by atoms with E-state index in [2.05, 4.69) is 4.98 Å². The first-order chi connectivity index (χ1) is 13.5. The lowest BCUT2D eigenvalue weighted by atomic mass is 10.1. The molecule has 0 spiro atoms. The number of fused-ring (bicyclic) bond motifs is 1. The number of anilines is 1. The van der Waals surface area contributed by atoms with Crippen LogP contribution in [-0.4, -0.2) is 27.3 Å². The maximum atomic E-state index is 12.9. The van der Waals surface area contributed by atoms with Crippen LogP contribution in [0, 0.1) is 17.0 Å². The fraction of sp³-hybridized carbons (Fsp3) is 0.100. The van der Waals surface area contributed by atoms with Crippen LogP contribution in [0.5, 0.6) is 0 Å². The van der Waals surface area contributed by atoms with Crippen molar-refractivity contribution in [2.75, 3.05) is 11.9 Å². The van der Waals surface area contributed by atoms with Crippen LogP contribution in [0.2, 0.25) is 0 Å². The normalized spacial score (nSPS) is 10.9. The summed E-state index contributed by atoms with van der Waals surface area (Å²) in [5.41, 5.74) is 2.92. The van der Waals surface area contributed by atoms with E-state index in [0.717, 1.165) is 11.4 Å². The maximum Gasteiger partial charge on any atom is 0.270 e. The summed E-state index contributed by atoms with van der Waals surface area (Å²) in [5, 5.41) is 11.0. The van der Waals surface area contributed by atoms with Crippen LogP contribution < -0.4 is 4.90 Å². The Hall–Kier alpha value is -3.52. The lowest BCUT2D eigenvalue weighted by Gasteiger charge is -2.16. The van der Waals surface area contributed by atoms with Gasteiger partial charge in [-0.05, 0) is 19.1 Å². The fourth-order valence-corrected chi connectivity index (χ4v) is 4.07. The van der Waals surface area contributed by atoms with Crippen molar-refractivity contribution in [1.82, 2.24) is 9.38 Å². The Bertz CT molecular complexity index is 1200. The van der Waals surface area contributed by atoms with Gasteiger partial charge in [-0.25, -0.2) is 4.98 Å². The van der Waals surface area contributed by atoms with E-state index in [0.29, 0.717) is 21.1 Å². The summed E-state index contributed by atoms with van der Waals surface area (Å²) >= 11 is 1.31. The Morgan fingerprint density at radius 3 is 2.61 bits per heavy atom. The van der Waals surface area contributed by atoms with Gasteiger partial charge in [-0.3, -0.25) is 19.3 Å². The molecule has 0 N–H and O–H groups in total. The maximum absolute atomic E-state index is 12.9. The second-order valence-corrected chi connectivity index (χ2v) is 7.28. The van der Waals surface area contributed by atoms with Crippen LogP contribution in [0.4, 0.5) is 11.4 Å². The second kappa shape index (κ2) is 6.90. The lowest BCUT2D eigenvalue weighted by Crippen LogP contribution is -2.26. The molecule has 28 heavy (non-hydrogen) atoms. The Morgan fingerprint density at radius 2 is 1.93 bits per heavy atom. The van der Waals surface area contributed by atoms with Crippen molar-refractivity contribution in [2.24, 2.45) is 0 Å². The van der Waals surface area contributed by atoms with Crippen molar-refractivity contribution in [2.45, 2.75) is 6.92 Å². The first kappa shape index (κ1) is 17.9. The third kappa shape index (κ3) is 3.03. The van der Waals surface area contributed by atoms with Gasteiger partial charge in [0.05, 0.1) is 10.6 Å². The number of imidazole rings is 1. The number of aromatic nitrogens is 2. The van der Waals surface area contributed by atoms with Crippen LogP contribution in [0.3, 0.4) is 0 Å². The number of carbonyl (C=O) groups is 1. The molecule has 2 aromatic heterocycles. The summed E-state index contributed by atoms with van der Waals surface area (Å²) in [7, 11) is 1.74. The molecule has 0 unspecified atom stereocenters. The van der Waals surface area contributed by atoms with Gasteiger partial charge in [0.1, 0.15) is 4.88 Å². The van der Waals surface area contributed by atoms with Crippen molar-refractivity contribution < 1.29 is 9.72 Å². The number of thiazole rings is 1. The predicted molar refractivity (Wildman–Crippen MR) is 109 cm³/mol. The van der Waals surface area contributed by atoms with Crippen molar-refractivity contribution in [3.05, 3.63) is 81.5 Å². The largest absolute Gasteiger partial charge is 0.311 e. The van der Waals surface area contributed by atoms with E-state index in [1.807, 2.05) is 41.7 Å². The molecule has 140 valence electrons. The summed E-state index contributed by atoms with van der Waals surface area (Å²) in [6, 6.07) is 15.8. The molecule has 0 fully saturated rings. The number of nitro groups is 1. The minimum absolute atomic E-state index is 0.0194. The topological polar surface area (TPSA) is 80.8 Å². The van der Waals surface area contributed by atoms with Gasteiger partial charge < -0.3 is 4.90 Å². The van der Waals surface area contributed by atoms with Crippen LogP contribution in [0.15, 0.2) is 60.8 Å². The Labute approximate surface area is 164 Å². The Kier molecular flexibility index (Phi) is 4.40. The second-order valence-electron chi connectivity index (χ2n) is 6.30. The number of hydrogen-bond donors (Lipinski definition) is 0. The monoisotopic (exact) mass is 392 g/mol. The standard InChI is InChI=1S/C20H16N4O3S/c1-13-18(19(25)22(2)15-8-4-3-5-9-15)28-20-21-17(12-23(13)20)14-7-6-10-16(11-14)24(26)27/h3-12H,1-2H3. The van der Waals surface area contributed by atoms with E-state index in [1.165, 1.54) is 23.5 Å². The molecule has 0 atom stereocenters. The third-order valence-electron chi connectivity index (χ3n) is 4.55. The molecular formula is C20H16N4O3S. The summed E-state index contributed by atoms with van der Waals surface area (Å²) < 4.78 is 1.85. The molecule has 0 aliphatic carbocycles. The smallest absolute Gasteiger partial charge is 0.270 e. The minimum atomic E-state index is -0.427. The number of amides is 1. The Balaban J connectivity index is 1.70. The lowest BCUT2D eigenvalue weighted by molar-refractivity contribution is -0.384. The summed E-state index contributed by atoms with van der Waals surface area (Å²) in [6.07, 6.45) is 1.81. The zero-order chi connectivity index (χ0) is 19.8. The highest BCUT2D eigenvalue weighted by molar-refractivity contribution is 7.19. The molecular weight excluding hydrogens is 376 g/mol. The molecule has 1 amide bonds. The zero-order valence-electron chi connectivity index (χ0n) is 15.2. The molecule has 4 aromatic rings. The number of aryl methyl sites for hydroxylation is 1. The van der Waals surface area contributed by atoms with E-state index in [9.17, 15) is 14.9 Å². The number of para-hydroxylation sites is 1. The van der Waals surface area contributed by atoms with Gasteiger partial charge in [0, 0.05) is 42.3 Å². The highest BCUT2D eigenvalue weighted by atomic mass is 32.1. The van der Waals surface area contributed by atoms with E-state index < -0.39 is 4.92 Å². The highest BCUT2D eigenvalue weighted by Crippen LogP contribution is 2.30. The zero-order valence-corrected chi connectivity index (χ0v) is 16.0. The van der Waals surface area contributed by atoms with Gasteiger partial charge in [-0.2, -0.15) is 0 Å². The average Bonchev–Trinajstić information content (AvgIpc) is 3.27. The first-order valence-electron chi connectivity index (χ1n) is 8.52. The molecule has 0 aliphatic rings. The number of rotatable bonds is 4. The molecule has 0 radical (unpaired) electrons. The van der Waals surface area contributed by atoms with Gasteiger partial charge in [-0.1, -0.05) is 41.7 Å². The van der Waals surface area contributed by atoms with Crippen LogP contribution in [0.25, 0.3) is 16.2 Å². The molecule has 2 heterocycles. The van der Waals surface area contributed by atoms with E-state index >= 15 is 0 Å². The van der Waals surface area contributed by atoms with Crippen molar-refractivity contribution in [1.29, 1.82) is 0 Å². The van der Waals surface area contributed by atoms with Crippen molar-refractivity contribution in [3.8, 4) is 11.3 Å². The molecule has 0 bridgehead atoms. The van der Waals surface area contributed by atoms with Gasteiger partial charge in [0.2, 0.25) is 0 Å². The number of nitrogens with zero attached hydrogens (tertiary/aromatic N) is 4. The van der Waals surface area contributed by atoms with E-state index in [-0.39, 0.29) is 11.6 Å². The van der Waals surface area contributed by atoms with Crippen molar-refractivity contribution in [3.63, 3.8) is 0 Å². The summed E-state index contributed by atoms with van der Waals surface area (Å²) in [5.74, 6) is -0.101. The SMILES string of the molecule is Cc1c(C(=O)N(C)c2ccccc2)sc2nc(-c3cccc([N+](=O)[O-])c3)cn12. The molecule has 0 aliphatic heterocycles. The molecule has 4 rings (SSSR count). The minimum Gasteiger partial charge on any atom is -0.311 e. The van der Waals surface area contributed by atoms with Crippen molar-refractivity contribution >= 4 is 33.6 Å². The van der Waals surface area contributed by atoms with Gasteiger partial charge >= 0.3 is 0 Å². The number of carbonyl (C=O) groups excluding carboxylic acids is 1. The average molecular weight is 392 g/mol. The molecule has 2 aromatic carbocycles. The van der Waals surface area contributed by atoms with Gasteiger partial charge in [0.15, 0.2) is 4.96 Å². The molecule has 0 saturated heterocycles. The number of hydrogen-bond acceptors (Lipinski definition) is 5. The third-order valence-corrected chi connectivity index (χ3v) is 5.70. The van der Waals surface area contributed by atoms with Gasteiger partial charge in [0.25, 0.3) is 11.6 Å². The van der Waals surface area contributed by atoms with E-state index in [1.54, 1.807) is 30.3 Å². The summed E-state index contributed by atoms with van der Waals surface area (Å²) in [4.78, 5) is 31.0. The fourth-order valence-electron chi connectivity index (χ4n) is 2.99. The van der Waals surface area contributed by atoms with Crippen LogP contribution in [0.1, 0.15) is 15.4 Å². The van der Waals surface area contributed by atoms with Crippen LogP contribution >= 0.6 is 11.3 Å². The molecule has 7 nitrogen and oxygen atoms in total. The summed E-state index contributed by atoms with van der Waals surface area (Å²) in [6.45, 7) is 1.87. The number of non-ortho nitro benzene ring substituents is 1. The predicted octanol–water partition coefficient (Wildman–Crippen LogP) is 4.56. The molecule has 0 saturated carbocycles. The highest BCUT2D eigenvalue weighted by Gasteiger charge is 2.22.